The highest BCUT2D eigenvalue weighted by atomic mass is 32.2. The fourth-order valence-electron chi connectivity index (χ4n) is 3.13. The molecule has 0 aliphatic heterocycles. The molecule has 1 heterocycles. The summed E-state index contributed by atoms with van der Waals surface area (Å²) in [6, 6.07) is 11.3. The molecular weight excluding hydrogens is 266 g/mol. The molecule has 2 nitrogen and oxygen atoms in total. The lowest BCUT2D eigenvalue weighted by atomic mass is 10.1. The molecule has 1 aromatic heterocycles. The van der Waals surface area contributed by atoms with Gasteiger partial charge in [-0.25, -0.2) is 0 Å². The third kappa shape index (κ3) is 3.04. The van der Waals surface area contributed by atoms with E-state index < -0.39 is 0 Å². The lowest BCUT2D eigenvalue weighted by molar-refractivity contribution is 0.402. The fraction of sp³-hybridized carbons (Fsp3) is 0.529. The molecule has 0 amide bonds. The zero-order valence-corrected chi connectivity index (χ0v) is 13.1. The maximum atomic E-state index is 5.95. The Morgan fingerprint density at radius 3 is 3.00 bits per heavy atom. The number of nitrogens with one attached hydrogen (secondary N) is 1. The summed E-state index contributed by atoms with van der Waals surface area (Å²) >= 11 is 2.11. The van der Waals surface area contributed by atoms with Crippen LogP contribution in [-0.4, -0.2) is 17.0 Å². The Morgan fingerprint density at radius 2 is 2.20 bits per heavy atom. The minimum Gasteiger partial charge on any atom is -0.459 e. The van der Waals surface area contributed by atoms with Crippen molar-refractivity contribution in [1.29, 1.82) is 0 Å². The van der Waals surface area contributed by atoms with E-state index in [0.717, 1.165) is 16.6 Å². The highest BCUT2D eigenvalue weighted by Gasteiger charge is 2.26. The molecule has 2 aromatic rings. The average molecular weight is 289 g/mol. The summed E-state index contributed by atoms with van der Waals surface area (Å²) in [7, 11) is 0. The molecule has 1 fully saturated rings. The van der Waals surface area contributed by atoms with Crippen molar-refractivity contribution in [2.24, 2.45) is 0 Å². The fourth-order valence-corrected chi connectivity index (χ4v) is 4.27. The summed E-state index contributed by atoms with van der Waals surface area (Å²) in [5, 5.41) is 5.78. The third-order valence-electron chi connectivity index (χ3n) is 4.14. The van der Waals surface area contributed by atoms with E-state index in [1.165, 1.54) is 30.4 Å². The standard InChI is InChI=1S/C17H23NOS/c1-3-20-15-9-8-14(11-15)18-12(2)17-10-13-6-4-5-7-16(13)19-17/h4-7,10,12,14-15,18H,3,8-9,11H2,1-2H3. The van der Waals surface area contributed by atoms with Gasteiger partial charge in [-0.15, -0.1) is 0 Å². The predicted octanol–water partition coefficient (Wildman–Crippen LogP) is 4.76. The number of furan rings is 1. The van der Waals surface area contributed by atoms with Crippen molar-refractivity contribution in [2.75, 3.05) is 5.75 Å². The summed E-state index contributed by atoms with van der Waals surface area (Å²) in [4.78, 5) is 0. The zero-order chi connectivity index (χ0) is 13.9. The van der Waals surface area contributed by atoms with Crippen molar-refractivity contribution in [3.63, 3.8) is 0 Å². The second kappa shape index (κ2) is 6.23. The van der Waals surface area contributed by atoms with E-state index >= 15 is 0 Å². The summed E-state index contributed by atoms with van der Waals surface area (Å²) in [5.41, 5.74) is 0.988. The van der Waals surface area contributed by atoms with E-state index in [1.807, 2.05) is 12.1 Å². The van der Waals surface area contributed by atoms with Crippen LogP contribution in [-0.2, 0) is 0 Å². The van der Waals surface area contributed by atoms with Crippen molar-refractivity contribution >= 4 is 22.7 Å². The third-order valence-corrected chi connectivity index (χ3v) is 5.38. The highest BCUT2D eigenvalue weighted by Crippen LogP contribution is 2.31. The first-order valence-corrected chi connectivity index (χ1v) is 8.67. The molecule has 3 rings (SSSR count). The molecule has 0 bridgehead atoms. The van der Waals surface area contributed by atoms with Crippen LogP contribution < -0.4 is 5.32 Å². The molecular formula is C17H23NOS. The number of thioether (sulfide) groups is 1. The van der Waals surface area contributed by atoms with Crippen LogP contribution in [0.4, 0.5) is 0 Å². The van der Waals surface area contributed by atoms with Crippen molar-refractivity contribution in [3.05, 3.63) is 36.1 Å². The number of benzene rings is 1. The number of rotatable bonds is 5. The number of para-hydroxylation sites is 1. The van der Waals surface area contributed by atoms with Crippen molar-refractivity contribution in [2.45, 2.75) is 50.4 Å². The predicted molar refractivity (Wildman–Crippen MR) is 87.3 cm³/mol. The first-order chi connectivity index (χ1) is 9.76. The SMILES string of the molecule is CCSC1CCC(NC(C)c2cc3ccccc3o2)C1. The van der Waals surface area contributed by atoms with Gasteiger partial charge in [0.25, 0.3) is 0 Å². The van der Waals surface area contributed by atoms with E-state index in [-0.39, 0.29) is 6.04 Å². The van der Waals surface area contributed by atoms with Crippen LogP contribution in [0.5, 0.6) is 0 Å². The van der Waals surface area contributed by atoms with Gasteiger partial charge in [0.2, 0.25) is 0 Å². The Balaban J connectivity index is 1.63. The van der Waals surface area contributed by atoms with Crippen LogP contribution in [0.25, 0.3) is 11.0 Å². The van der Waals surface area contributed by atoms with Gasteiger partial charge in [0.05, 0.1) is 6.04 Å². The molecule has 1 aliphatic rings. The normalized spacial score (nSPS) is 24.3. The minimum atomic E-state index is 0.290. The van der Waals surface area contributed by atoms with E-state index in [0.29, 0.717) is 6.04 Å². The Morgan fingerprint density at radius 1 is 1.35 bits per heavy atom. The molecule has 1 N–H and O–H groups in total. The molecule has 1 saturated carbocycles. The summed E-state index contributed by atoms with van der Waals surface area (Å²) in [6.45, 7) is 4.46. The second-order valence-electron chi connectivity index (χ2n) is 5.66. The smallest absolute Gasteiger partial charge is 0.134 e. The lowest BCUT2D eigenvalue weighted by Crippen LogP contribution is -2.29. The quantitative estimate of drug-likeness (QED) is 0.859. The van der Waals surface area contributed by atoms with Crippen LogP contribution >= 0.6 is 11.8 Å². The maximum Gasteiger partial charge on any atom is 0.134 e. The maximum absolute atomic E-state index is 5.95. The first-order valence-electron chi connectivity index (χ1n) is 7.62. The monoisotopic (exact) mass is 289 g/mol. The topological polar surface area (TPSA) is 25.2 Å². The van der Waals surface area contributed by atoms with Crippen LogP contribution in [0.2, 0.25) is 0 Å². The zero-order valence-electron chi connectivity index (χ0n) is 12.3. The molecule has 108 valence electrons. The molecule has 0 radical (unpaired) electrons. The molecule has 3 unspecified atom stereocenters. The van der Waals surface area contributed by atoms with E-state index in [9.17, 15) is 0 Å². The Kier molecular flexibility index (Phi) is 4.37. The van der Waals surface area contributed by atoms with Gasteiger partial charge in [-0.1, -0.05) is 25.1 Å². The van der Waals surface area contributed by atoms with Gasteiger partial charge in [-0.2, -0.15) is 11.8 Å². The van der Waals surface area contributed by atoms with Crippen LogP contribution in [0.15, 0.2) is 34.7 Å². The van der Waals surface area contributed by atoms with Gasteiger partial charge in [-0.3, -0.25) is 0 Å². The Labute approximate surface area is 125 Å². The van der Waals surface area contributed by atoms with E-state index in [4.69, 9.17) is 4.42 Å². The van der Waals surface area contributed by atoms with Gasteiger partial charge in [0.15, 0.2) is 0 Å². The van der Waals surface area contributed by atoms with Crippen LogP contribution in [0.3, 0.4) is 0 Å². The van der Waals surface area contributed by atoms with Gasteiger partial charge in [0.1, 0.15) is 11.3 Å². The summed E-state index contributed by atoms with van der Waals surface area (Å²) in [6.07, 6.45) is 3.94. The molecule has 1 aromatic carbocycles. The lowest BCUT2D eigenvalue weighted by Gasteiger charge is -2.17. The van der Waals surface area contributed by atoms with Gasteiger partial charge >= 0.3 is 0 Å². The van der Waals surface area contributed by atoms with Crippen molar-refractivity contribution in [3.8, 4) is 0 Å². The van der Waals surface area contributed by atoms with Gasteiger partial charge in [0, 0.05) is 16.7 Å². The minimum absolute atomic E-state index is 0.290. The van der Waals surface area contributed by atoms with Crippen molar-refractivity contribution < 1.29 is 4.42 Å². The summed E-state index contributed by atoms with van der Waals surface area (Å²) < 4.78 is 5.95. The van der Waals surface area contributed by atoms with Crippen molar-refractivity contribution in [1.82, 2.24) is 5.32 Å². The molecule has 1 aliphatic carbocycles. The molecule has 3 heteroatoms. The Hall–Kier alpha value is -0.930. The number of hydrogen-bond donors (Lipinski definition) is 1. The number of fused-ring (bicyclic) bond motifs is 1. The molecule has 3 atom stereocenters. The first kappa shape index (κ1) is 14.0. The van der Waals surface area contributed by atoms with Gasteiger partial charge in [-0.05, 0) is 44.1 Å². The Bertz CT molecular complexity index is 532. The van der Waals surface area contributed by atoms with Crippen LogP contribution in [0, 0.1) is 0 Å². The number of hydrogen-bond acceptors (Lipinski definition) is 3. The van der Waals surface area contributed by atoms with E-state index in [1.54, 1.807) is 0 Å². The molecule has 20 heavy (non-hydrogen) atoms. The van der Waals surface area contributed by atoms with Crippen LogP contribution in [0.1, 0.15) is 44.9 Å². The largest absolute Gasteiger partial charge is 0.459 e. The van der Waals surface area contributed by atoms with Gasteiger partial charge < -0.3 is 9.73 Å². The van der Waals surface area contributed by atoms with E-state index in [2.05, 4.69) is 49.1 Å². The molecule has 0 saturated heterocycles. The summed E-state index contributed by atoms with van der Waals surface area (Å²) in [5.74, 6) is 2.29. The second-order valence-corrected chi connectivity index (χ2v) is 7.24. The average Bonchev–Trinajstić information content (AvgIpc) is 3.05. The highest BCUT2D eigenvalue weighted by molar-refractivity contribution is 7.99. The molecule has 0 spiro atoms.